The number of aliphatic hydroxyl groups excluding tert-OH is 2. The molecule has 0 radical (unpaired) electrons. The van der Waals surface area contributed by atoms with Crippen LogP contribution in [0.3, 0.4) is 0 Å². The number of rotatable bonds is 9. The molecule has 2 heteroatoms. The second-order valence-electron chi connectivity index (χ2n) is 8.79. The van der Waals surface area contributed by atoms with Gasteiger partial charge >= 0.3 is 0 Å². The monoisotopic (exact) mass is 402 g/mol. The molecule has 30 heavy (non-hydrogen) atoms. The van der Waals surface area contributed by atoms with Crippen LogP contribution < -0.4 is 0 Å². The number of aliphatic hydroxyl groups is 2. The molecule has 0 spiro atoms. The molecule has 0 bridgehead atoms. The van der Waals surface area contributed by atoms with Crippen LogP contribution in [0.2, 0.25) is 0 Å². The Morgan fingerprint density at radius 3 is 1.83 bits per heavy atom. The molecule has 3 rings (SSSR count). The molecule has 0 aromatic heterocycles. The van der Waals surface area contributed by atoms with Gasteiger partial charge in [0.1, 0.15) is 0 Å². The lowest BCUT2D eigenvalue weighted by atomic mass is 9.93. The van der Waals surface area contributed by atoms with E-state index in [-0.39, 0.29) is 19.1 Å². The predicted octanol–water partition coefficient (Wildman–Crippen LogP) is 6.06. The first-order valence-electron chi connectivity index (χ1n) is 11.0. The zero-order valence-electron chi connectivity index (χ0n) is 18.4. The third kappa shape index (κ3) is 5.81. The molecule has 0 amide bonds. The topological polar surface area (TPSA) is 40.5 Å². The van der Waals surface area contributed by atoms with Gasteiger partial charge in [-0.05, 0) is 71.0 Å². The summed E-state index contributed by atoms with van der Waals surface area (Å²) in [5, 5.41) is 18.4. The van der Waals surface area contributed by atoms with Crippen LogP contribution in [-0.4, -0.2) is 23.4 Å². The summed E-state index contributed by atoms with van der Waals surface area (Å²) in [5.41, 5.74) is 8.89. The van der Waals surface area contributed by atoms with Crippen LogP contribution in [0, 0.1) is 18.8 Å². The van der Waals surface area contributed by atoms with Crippen LogP contribution in [0.5, 0.6) is 0 Å². The highest BCUT2D eigenvalue weighted by Crippen LogP contribution is 2.29. The van der Waals surface area contributed by atoms with Crippen molar-refractivity contribution in [3.8, 4) is 22.3 Å². The Labute approximate surface area is 181 Å². The van der Waals surface area contributed by atoms with E-state index >= 15 is 0 Å². The Balaban J connectivity index is 1.72. The minimum absolute atomic E-state index is 0.0288. The van der Waals surface area contributed by atoms with Gasteiger partial charge in [-0.3, -0.25) is 0 Å². The molecule has 0 aliphatic rings. The highest BCUT2D eigenvalue weighted by molar-refractivity contribution is 5.73. The minimum atomic E-state index is -0.0288. The average molecular weight is 403 g/mol. The molecule has 158 valence electrons. The molecule has 0 aliphatic heterocycles. The van der Waals surface area contributed by atoms with Crippen molar-refractivity contribution in [2.24, 2.45) is 11.8 Å². The van der Waals surface area contributed by atoms with Crippen molar-refractivity contribution in [3.63, 3.8) is 0 Å². The van der Waals surface area contributed by atoms with Crippen molar-refractivity contribution >= 4 is 0 Å². The van der Waals surface area contributed by atoms with Crippen molar-refractivity contribution in [3.05, 3.63) is 83.4 Å². The van der Waals surface area contributed by atoms with Gasteiger partial charge in [0.25, 0.3) is 0 Å². The average Bonchev–Trinajstić information content (AvgIpc) is 2.75. The number of aryl methyl sites for hydroxylation is 2. The molecule has 0 saturated heterocycles. The fourth-order valence-corrected chi connectivity index (χ4v) is 3.93. The lowest BCUT2D eigenvalue weighted by molar-refractivity contribution is 0.144. The molecule has 0 atom stereocenters. The maximum Gasteiger partial charge on any atom is 0.0481 e. The first-order chi connectivity index (χ1) is 14.5. The SMILES string of the molecule is Cc1cc(-c2ccc(CC(C)C)cc2)ccc1-c1ccc(CCC(CO)CO)cc1. The molecule has 0 unspecified atom stereocenters. The van der Waals surface area contributed by atoms with Gasteiger partial charge in [0.15, 0.2) is 0 Å². The molecular weight excluding hydrogens is 368 g/mol. The maximum atomic E-state index is 9.22. The van der Waals surface area contributed by atoms with Crippen LogP contribution in [0.15, 0.2) is 66.7 Å². The Morgan fingerprint density at radius 2 is 1.27 bits per heavy atom. The summed E-state index contributed by atoms with van der Waals surface area (Å²) in [6.45, 7) is 6.76. The zero-order chi connectivity index (χ0) is 21.5. The highest BCUT2D eigenvalue weighted by Gasteiger charge is 2.08. The normalized spacial score (nSPS) is 11.4. The van der Waals surface area contributed by atoms with E-state index in [9.17, 15) is 10.2 Å². The fourth-order valence-electron chi connectivity index (χ4n) is 3.93. The number of benzene rings is 3. The molecule has 0 fully saturated rings. The second kappa shape index (κ2) is 10.6. The quantitative estimate of drug-likeness (QED) is 0.457. The van der Waals surface area contributed by atoms with Crippen LogP contribution >= 0.6 is 0 Å². The van der Waals surface area contributed by atoms with Crippen LogP contribution in [0.25, 0.3) is 22.3 Å². The van der Waals surface area contributed by atoms with E-state index in [1.54, 1.807) is 0 Å². The lowest BCUT2D eigenvalue weighted by Gasteiger charge is -2.12. The molecular formula is C28H34O2. The van der Waals surface area contributed by atoms with Crippen LogP contribution in [0.1, 0.15) is 37.0 Å². The van der Waals surface area contributed by atoms with Crippen molar-refractivity contribution in [1.82, 2.24) is 0 Å². The number of hydrogen-bond acceptors (Lipinski definition) is 2. The zero-order valence-corrected chi connectivity index (χ0v) is 18.4. The third-order valence-electron chi connectivity index (χ3n) is 5.78. The lowest BCUT2D eigenvalue weighted by Crippen LogP contribution is -2.11. The molecule has 2 N–H and O–H groups in total. The van der Waals surface area contributed by atoms with Crippen LogP contribution in [-0.2, 0) is 12.8 Å². The predicted molar refractivity (Wildman–Crippen MR) is 127 cm³/mol. The molecule has 3 aromatic rings. The van der Waals surface area contributed by atoms with E-state index in [1.165, 1.54) is 38.9 Å². The smallest absolute Gasteiger partial charge is 0.0481 e. The standard InChI is InChI=1S/C28H34O2/c1-20(2)16-23-8-10-25(11-9-23)27-14-15-28(21(3)17-27)26-12-6-22(7-13-26)4-5-24(18-29)19-30/h6-15,17,20,24,29-30H,4-5,16,18-19H2,1-3H3. The van der Waals surface area contributed by atoms with Gasteiger partial charge in [-0.2, -0.15) is 0 Å². The molecule has 0 saturated carbocycles. The van der Waals surface area contributed by atoms with E-state index in [4.69, 9.17) is 0 Å². The summed E-state index contributed by atoms with van der Waals surface area (Å²) in [6.07, 6.45) is 2.79. The first kappa shape index (κ1) is 22.3. The van der Waals surface area contributed by atoms with E-state index in [0.29, 0.717) is 5.92 Å². The van der Waals surface area contributed by atoms with Gasteiger partial charge in [0.05, 0.1) is 0 Å². The van der Waals surface area contributed by atoms with Gasteiger partial charge in [-0.25, -0.2) is 0 Å². The first-order valence-corrected chi connectivity index (χ1v) is 11.0. The van der Waals surface area contributed by atoms with Crippen molar-refractivity contribution in [2.45, 2.75) is 40.0 Å². The Kier molecular flexibility index (Phi) is 7.84. The van der Waals surface area contributed by atoms with E-state index < -0.39 is 0 Å². The van der Waals surface area contributed by atoms with Crippen molar-refractivity contribution in [1.29, 1.82) is 0 Å². The summed E-state index contributed by atoms with van der Waals surface area (Å²) in [6, 6.07) is 24.3. The molecule has 2 nitrogen and oxygen atoms in total. The van der Waals surface area contributed by atoms with Crippen molar-refractivity contribution < 1.29 is 10.2 Å². The highest BCUT2D eigenvalue weighted by atomic mass is 16.3. The number of hydrogen-bond donors (Lipinski definition) is 2. The van der Waals surface area contributed by atoms with E-state index in [0.717, 1.165) is 19.3 Å². The molecule has 3 aromatic carbocycles. The van der Waals surface area contributed by atoms with Gasteiger partial charge in [-0.15, -0.1) is 0 Å². The summed E-state index contributed by atoms with van der Waals surface area (Å²) >= 11 is 0. The van der Waals surface area contributed by atoms with Gasteiger partial charge in [-0.1, -0.05) is 80.6 Å². The summed E-state index contributed by atoms with van der Waals surface area (Å²) in [5.74, 6) is 0.647. The fraction of sp³-hybridized carbons (Fsp3) is 0.357. The van der Waals surface area contributed by atoms with E-state index in [2.05, 4.69) is 87.5 Å². The Bertz CT molecular complexity index is 920. The largest absolute Gasteiger partial charge is 0.396 e. The van der Waals surface area contributed by atoms with Gasteiger partial charge in [0.2, 0.25) is 0 Å². The van der Waals surface area contributed by atoms with Gasteiger partial charge in [0, 0.05) is 19.1 Å². The van der Waals surface area contributed by atoms with Gasteiger partial charge < -0.3 is 10.2 Å². The minimum Gasteiger partial charge on any atom is -0.396 e. The Morgan fingerprint density at radius 1 is 0.700 bits per heavy atom. The van der Waals surface area contributed by atoms with Crippen LogP contribution in [0.4, 0.5) is 0 Å². The second-order valence-corrected chi connectivity index (χ2v) is 8.79. The molecule has 0 aliphatic carbocycles. The summed E-state index contributed by atoms with van der Waals surface area (Å²) in [7, 11) is 0. The van der Waals surface area contributed by atoms with Crippen molar-refractivity contribution in [2.75, 3.05) is 13.2 Å². The summed E-state index contributed by atoms with van der Waals surface area (Å²) in [4.78, 5) is 0. The summed E-state index contributed by atoms with van der Waals surface area (Å²) < 4.78 is 0. The molecule has 0 heterocycles. The maximum absolute atomic E-state index is 9.22. The Hall–Kier alpha value is -2.42. The van der Waals surface area contributed by atoms with E-state index in [1.807, 2.05) is 0 Å². The third-order valence-corrected chi connectivity index (χ3v) is 5.78.